The van der Waals surface area contributed by atoms with E-state index in [9.17, 15) is 31.9 Å². The summed E-state index contributed by atoms with van der Waals surface area (Å²) in [5.74, 6) is -4.13. The normalized spacial score (nSPS) is 39.5. The fourth-order valence-electron chi connectivity index (χ4n) is 7.83. The molecule has 0 aromatic carbocycles. The number of alkyl halides is 5. The molecule has 0 bridgehead atoms. The van der Waals surface area contributed by atoms with Crippen molar-refractivity contribution >= 4 is 33.7 Å². The zero-order valence-electron chi connectivity index (χ0n) is 22.1. The van der Waals surface area contributed by atoms with E-state index in [1.54, 1.807) is 9.80 Å². The first-order chi connectivity index (χ1) is 18.9. The number of nitrogens with one attached hydrogen (secondary N) is 2. The Morgan fingerprint density at radius 2 is 1.90 bits per heavy atom. The van der Waals surface area contributed by atoms with Gasteiger partial charge in [0.25, 0.3) is 0 Å². The summed E-state index contributed by atoms with van der Waals surface area (Å²) in [7, 11) is 0. The van der Waals surface area contributed by atoms with Crippen LogP contribution in [-0.4, -0.2) is 102 Å². The second-order valence-corrected chi connectivity index (χ2v) is 13.9. The number of hydrogen-bond acceptors (Lipinski definition) is 5. The zero-order chi connectivity index (χ0) is 28.4. The molecule has 2 N–H and O–H groups in total. The molecule has 222 valence electrons. The molecule has 1 spiro atoms. The van der Waals surface area contributed by atoms with E-state index < -0.39 is 64.9 Å². The molecule has 4 heterocycles. The molecule has 6 rings (SSSR count). The number of halogens is 5. The summed E-state index contributed by atoms with van der Waals surface area (Å²) >= 11 is 3.40. The Morgan fingerprint density at radius 3 is 2.58 bits per heavy atom. The molecule has 40 heavy (non-hydrogen) atoms. The number of ether oxygens (including phenoxy) is 1. The van der Waals surface area contributed by atoms with Crippen molar-refractivity contribution < 1.29 is 36.7 Å². The van der Waals surface area contributed by atoms with Crippen molar-refractivity contribution in [3.63, 3.8) is 0 Å². The highest BCUT2D eigenvalue weighted by atomic mass is 79.9. The fourth-order valence-corrected chi connectivity index (χ4v) is 8.64. The van der Waals surface area contributed by atoms with Crippen molar-refractivity contribution in [2.45, 2.75) is 73.8 Å². The molecule has 6 aliphatic rings. The Bertz CT molecular complexity index is 1080. The summed E-state index contributed by atoms with van der Waals surface area (Å²) in [5.41, 5.74) is 0.201. The van der Waals surface area contributed by atoms with Gasteiger partial charge in [-0.05, 0) is 38.5 Å². The Kier molecular flexibility index (Phi) is 7.47. The number of carbonyl (C=O) groups excluding carboxylic acids is 3. The van der Waals surface area contributed by atoms with Crippen LogP contribution in [0.2, 0.25) is 0 Å². The van der Waals surface area contributed by atoms with E-state index in [4.69, 9.17) is 4.74 Å². The monoisotopic (exact) mass is 634 g/mol. The van der Waals surface area contributed by atoms with Crippen LogP contribution in [0, 0.1) is 23.2 Å². The Hall–Kier alpha value is -1.73. The van der Waals surface area contributed by atoms with Crippen LogP contribution in [-0.2, 0) is 19.1 Å². The first-order valence-electron chi connectivity index (χ1n) is 14.2. The molecular weight excluding hydrogens is 600 g/mol. The molecular formula is C27H35BrF4N4O4. The molecule has 2 saturated carbocycles. The Balaban J connectivity index is 1.16. The molecule has 8 atom stereocenters. The number of carbonyl (C=O) groups is 3. The summed E-state index contributed by atoms with van der Waals surface area (Å²) in [5, 5.41) is 5.55. The van der Waals surface area contributed by atoms with E-state index >= 15 is 0 Å². The number of rotatable bonds is 4. The van der Waals surface area contributed by atoms with Gasteiger partial charge < -0.3 is 20.3 Å². The minimum atomic E-state index is -4.48. The van der Waals surface area contributed by atoms with Crippen molar-refractivity contribution in [1.29, 1.82) is 0 Å². The highest BCUT2D eigenvalue weighted by Crippen LogP contribution is 2.47. The first kappa shape index (κ1) is 28.4. The van der Waals surface area contributed by atoms with Gasteiger partial charge >= 0.3 is 6.18 Å². The number of hydrogen-bond donors (Lipinski definition) is 2. The number of nitrogens with zero attached hydrogens (tertiary/aromatic N) is 2. The van der Waals surface area contributed by atoms with Crippen LogP contribution < -0.4 is 10.6 Å². The molecule has 0 aromatic heterocycles. The third-order valence-corrected chi connectivity index (χ3v) is 10.6. The van der Waals surface area contributed by atoms with Gasteiger partial charge in [-0.1, -0.05) is 15.9 Å². The maximum atomic E-state index is 14.5. The van der Waals surface area contributed by atoms with Gasteiger partial charge in [-0.15, -0.1) is 0 Å². The lowest BCUT2D eigenvalue weighted by atomic mass is 9.72. The Labute approximate surface area is 238 Å². The van der Waals surface area contributed by atoms with Gasteiger partial charge in [0.05, 0.1) is 36.5 Å². The summed E-state index contributed by atoms with van der Waals surface area (Å²) in [6.07, 6.45) is -2.33. The molecule has 2 aliphatic carbocycles. The maximum absolute atomic E-state index is 14.5. The molecule has 13 heteroatoms. The van der Waals surface area contributed by atoms with E-state index in [1.807, 2.05) is 0 Å². The van der Waals surface area contributed by atoms with Crippen molar-refractivity contribution in [1.82, 2.24) is 20.4 Å². The minimum Gasteiger partial charge on any atom is -0.380 e. The number of fused-ring (bicyclic) bond motifs is 1. The summed E-state index contributed by atoms with van der Waals surface area (Å²) in [4.78, 5) is 42.0. The minimum absolute atomic E-state index is 0.0374. The predicted octanol–water partition coefficient (Wildman–Crippen LogP) is 2.32. The molecule has 7 unspecified atom stereocenters. The molecule has 8 nitrogen and oxygen atoms in total. The summed E-state index contributed by atoms with van der Waals surface area (Å²) < 4.78 is 62.9. The lowest BCUT2D eigenvalue weighted by molar-refractivity contribution is -0.214. The second kappa shape index (κ2) is 10.5. The van der Waals surface area contributed by atoms with Crippen molar-refractivity contribution in [3.8, 4) is 0 Å². The molecule has 0 aromatic rings. The van der Waals surface area contributed by atoms with Crippen molar-refractivity contribution in [2.24, 2.45) is 23.2 Å². The van der Waals surface area contributed by atoms with Gasteiger partial charge in [-0.3, -0.25) is 19.3 Å². The topological polar surface area (TPSA) is 91.0 Å². The van der Waals surface area contributed by atoms with Crippen molar-refractivity contribution in [2.75, 3.05) is 39.4 Å². The quantitative estimate of drug-likeness (QED) is 0.366. The van der Waals surface area contributed by atoms with Gasteiger partial charge in [0.2, 0.25) is 17.7 Å². The predicted molar refractivity (Wildman–Crippen MR) is 139 cm³/mol. The standard InChI is InChI=1S/C27H35BrF4N4O4/c28-14-6-18(25(39)36-10-26(11-36)12-40-13-26)23(19(7-14)27(30,31)32)35-5-4-15(9-35)33-24(38)17-8-21(37)34-22-16(17)2-1-3-20(22)29/h8,14-16,18-20,22-23H,1-7,9-13H2,(H,33,38)(H,34,37)/t14?,15-,16?,18?,19?,20?,22?,23?/m1/s1. The molecule has 5 fully saturated rings. The highest BCUT2D eigenvalue weighted by Gasteiger charge is 2.58. The van der Waals surface area contributed by atoms with Gasteiger partial charge in [0.15, 0.2) is 0 Å². The average Bonchev–Trinajstić information content (AvgIpc) is 3.29. The largest absolute Gasteiger partial charge is 0.393 e. The zero-order valence-corrected chi connectivity index (χ0v) is 23.7. The third kappa shape index (κ3) is 5.19. The lowest BCUT2D eigenvalue weighted by Crippen LogP contribution is -2.69. The van der Waals surface area contributed by atoms with Crippen molar-refractivity contribution in [3.05, 3.63) is 11.6 Å². The molecule has 3 saturated heterocycles. The van der Waals surface area contributed by atoms with Gasteiger partial charge in [0, 0.05) is 60.7 Å². The van der Waals surface area contributed by atoms with E-state index in [0.717, 1.165) is 0 Å². The van der Waals surface area contributed by atoms with Gasteiger partial charge in [-0.2, -0.15) is 13.2 Å². The number of amides is 3. The Morgan fingerprint density at radius 1 is 1.15 bits per heavy atom. The SMILES string of the molecule is O=C1C=C(C(=O)N[C@@H]2CCN(C3C(C(=O)N4CC5(COC5)C4)CC(Br)CC3C(F)(F)F)C2)C2CCCC(F)C2N1. The van der Waals surface area contributed by atoms with Crippen LogP contribution in [0.15, 0.2) is 11.6 Å². The van der Waals surface area contributed by atoms with E-state index in [0.29, 0.717) is 65.0 Å². The van der Waals surface area contributed by atoms with Crippen LogP contribution in [0.1, 0.15) is 38.5 Å². The van der Waals surface area contributed by atoms with Crippen LogP contribution >= 0.6 is 15.9 Å². The molecule has 3 amide bonds. The van der Waals surface area contributed by atoms with E-state index in [1.165, 1.54) is 6.08 Å². The average molecular weight is 635 g/mol. The van der Waals surface area contributed by atoms with Crippen LogP contribution in [0.4, 0.5) is 17.6 Å². The molecule has 4 aliphatic heterocycles. The molecule has 0 radical (unpaired) electrons. The van der Waals surface area contributed by atoms with Gasteiger partial charge in [0.1, 0.15) is 6.17 Å². The highest BCUT2D eigenvalue weighted by molar-refractivity contribution is 9.09. The summed E-state index contributed by atoms with van der Waals surface area (Å²) in [6.45, 7) is 2.68. The fraction of sp³-hybridized carbons (Fsp3) is 0.815. The van der Waals surface area contributed by atoms with E-state index in [-0.39, 0.29) is 29.9 Å². The smallest absolute Gasteiger partial charge is 0.380 e. The van der Waals surface area contributed by atoms with Gasteiger partial charge in [-0.25, -0.2) is 4.39 Å². The van der Waals surface area contributed by atoms with Crippen LogP contribution in [0.5, 0.6) is 0 Å². The van der Waals surface area contributed by atoms with Crippen LogP contribution in [0.25, 0.3) is 0 Å². The van der Waals surface area contributed by atoms with E-state index in [2.05, 4.69) is 26.6 Å². The van der Waals surface area contributed by atoms with Crippen LogP contribution in [0.3, 0.4) is 0 Å². The lowest BCUT2D eigenvalue weighted by Gasteiger charge is -2.56. The number of likely N-dealkylation sites (tertiary alicyclic amines) is 2. The third-order valence-electron chi connectivity index (χ3n) is 9.81. The summed E-state index contributed by atoms with van der Waals surface area (Å²) in [6, 6.07) is -2.20. The first-order valence-corrected chi connectivity index (χ1v) is 15.1. The maximum Gasteiger partial charge on any atom is 0.393 e. The second-order valence-electron chi connectivity index (χ2n) is 12.6.